The summed E-state index contributed by atoms with van der Waals surface area (Å²) in [5, 5.41) is 12.6. The van der Waals surface area contributed by atoms with Gasteiger partial charge in [-0.25, -0.2) is 4.98 Å². The number of fused-ring (bicyclic) bond motifs is 1. The predicted octanol–water partition coefficient (Wildman–Crippen LogP) is 3.44. The molecule has 1 aromatic heterocycles. The number of thiazole rings is 1. The topological polar surface area (TPSA) is 62.2 Å². The number of nitrogens with zero attached hydrogens (tertiary/aromatic N) is 1. The zero-order valence-corrected chi connectivity index (χ0v) is 12.5. The number of para-hydroxylation sites is 1. The second kappa shape index (κ2) is 6.51. The Kier molecular flexibility index (Phi) is 4.27. The van der Waals surface area contributed by atoms with E-state index in [4.69, 9.17) is 5.11 Å². The highest BCUT2D eigenvalue weighted by molar-refractivity contribution is 7.19. The van der Waals surface area contributed by atoms with Crippen LogP contribution in [0, 0.1) is 0 Å². The molecule has 0 bridgehead atoms. The highest BCUT2D eigenvalue weighted by atomic mass is 32.1. The van der Waals surface area contributed by atoms with E-state index >= 15 is 0 Å². The molecule has 1 amide bonds. The van der Waals surface area contributed by atoms with Crippen molar-refractivity contribution in [2.75, 3.05) is 5.32 Å². The number of carbonyl (C=O) groups excluding carboxylic acids is 1. The van der Waals surface area contributed by atoms with Crippen molar-refractivity contribution in [3.05, 3.63) is 65.2 Å². The van der Waals surface area contributed by atoms with Crippen LogP contribution >= 0.6 is 11.3 Å². The molecule has 3 aromatic rings. The van der Waals surface area contributed by atoms with Gasteiger partial charge in [0.15, 0.2) is 0 Å². The molecule has 4 nitrogen and oxygen atoms in total. The lowest BCUT2D eigenvalue weighted by molar-refractivity contribution is -0.111. The van der Waals surface area contributed by atoms with Crippen molar-refractivity contribution in [3.63, 3.8) is 0 Å². The zero-order chi connectivity index (χ0) is 15.4. The van der Waals surface area contributed by atoms with Crippen molar-refractivity contribution in [2.24, 2.45) is 0 Å². The predicted molar refractivity (Wildman–Crippen MR) is 89.6 cm³/mol. The standard InChI is InChI=1S/C17H14N2O2S/c20-11-12-4-3-5-13(10-12)18-16(21)8-9-17-19-14-6-1-2-7-15(14)22-17/h1-10,20H,11H2,(H,18,21)/b9-8+. The Morgan fingerprint density at radius 3 is 2.91 bits per heavy atom. The first-order valence-electron chi connectivity index (χ1n) is 6.79. The van der Waals surface area contributed by atoms with E-state index in [0.29, 0.717) is 5.69 Å². The van der Waals surface area contributed by atoms with Gasteiger partial charge in [-0.2, -0.15) is 0 Å². The Bertz CT molecular complexity index is 806. The Morgan fingerprint density at radius 1 is 1.23 bits per heavy atom. The SMILES string of the molecule is O=C(/C=C/c1nc2ccccc2s1)Nc1cccc(CO)c1. The fourth-order valence-electron chi connectivity index (χ4n) is 2.04. The second-order valence-corrected chi connectivity index (χ2v) is 5.76. The van der Waals surface area contributed by atoms with Crippen LogP contribution in [-0.4, -0.2) is 16.0 Å². The summed E-state index contributed by atoms with van der Waals surface area (Å²) in [5.41, 5.74) is 2.35. The van der Waals surface area contributed by atoms with Crippen molar-refractivity contribution in [1.29, 1.82) is 0 Å². The Labute approximate surface area is 131 Å². The third-order valence-corrected chi connectivity index (χ3v) is 4.07. The number of aromatic nitrogens is 1. The molecule has 0 atom stereocenters. The lowest BCUT2D eigenvalue weighted by Crippen LogP contribution is -2.07. The molecule has 0 unspecified atom stereocenters. The number of nitrogens with one attached hydrogen (secondary N) is 1. The van der Waals surface area contributed by atoms with Crippen LogP contribution in [0.4, 0.5) is 5.69 Å². The van der Waals surface area contributed by atoms with E-state index in [1.54, 1.807) is 41.7 Å². The average molecular weight is 310 g/mol. The highest BCUT2D eigenvalue weighted by Crippen LogP contribution is 2.22. The van der Waals surface area contributed by atoms with Gasteiger partial charge in [0, 0.05) is 11.8 Å². The molecule has 0 spiro atoms. The molecular weight excluding hydrogens is 296 g/mol. The molecule has 1 heterocycles. The molecule has 110 valence electrons. The molecule has 0 radical (unpaired) electrons. The summed E-state index contributed by atoms with van der Waals surface area (Å²) in [6, 6.07) is 15.0. The number of amides is 1. The Morgan fingerprint density at radius 2 is 2.09 bits per heavy atom. The van der Waals surface area contributed by atoms with E-state index in [0.717, 1.165) is 20.8 Å². The third kappa shape index (κ3) is 3.39. The molecule has 22 heavy (non-hydrogen) atoms. The van der Waals surface area contributed by atoms with Gasteiger partial charge in [0.1, 0.15) is 5.01 Å². The van der Waals surface area contributed by atoms with Gasteiger partial charge in [0.2, 0.25) is 5.91 Å². The summed E-state index contributed by atoms with van der Waals surface area (Å²) in [5.74, 6) is -0.227. The van der Waals surface area contributed by atoms with E-state index in [-0.39, 0.29) is 12.5 Å². The molecule has 0 saturated heterocycles. The minimum Gasteiger partial charge on any atom is -0.392 e. The number of aliphatic hydroxyl groups is 1. The van der Waals surface area contributed by atoms with E-state index in [1.165, 1.54) is 6.08 Å². The average Bonchev–Trinajstić information content (AvgIpc) is 2.96. The first-order chi connectivity index (χ1) is 10.7. The van der Waals surface area contributed by atoms with Crippen LogP contribution in [0.1, 0.15) is 10.6 Å². The van der Waals surface area contributed by atoms with E-state index in [1.807, 2.05) is 24.3 Å². The molecule has 0 saturated carbocycles. The van der Waals surface area contributed by atoms with Crippen molar-refractivity contribution < 1.29 is 9.90 Å². The van der Waals surface area contributed by atoms with Crippen molar-refractivity contribution in [3.8, 4) is 0 Å². The van der Waals surface area contributed by atoms with Crippen LogP contribution < -0.4 is 5.32 Å². The highest BCUT2D eigenvalue weighted by Gasteiger charge is 2.02. The fraction of sp³-hybridized carbons (Fsp3) is 0.0588. The van der Waals surface area contributed by atoms with Gasteiger partial charge in [0.25, 0.3) is 0 Å². The lowest BCUT2D eigenvalue weighted by Gasteiger charge is -2.03. The Hall–Kier alpha value is -2.50. The summed E-state index contributed by atoms with van der Waals surface area (Å²) in [7, 11) is 0. The van der Waals surface area contributed by atoms with Crippen molar-refractivity contribution >= 4 is 39.2 Å². The minimum absolute atomic E-state index is 0.0503. The number of benzene rings is 2. The molecular formula is C17H14N2O2S. The summed E-state index contributed by atoms with van der Waals surface area (Å²) in [4.78, 5) is 16.4. The van der Waals surface area contributed by atoms with E-state index < -0.39 is 0 Å². The minimum atomic E-state index is -0.227. The number of hydrogen-bond donors (Lipinski definition) is 2. The summed E-state index contributed by atoms with van der Waals surface area (Å²) >= 11 is 1.54. The van der Waals surface area contributed by atoms with Gasteiger partial charge >= 0.3 is 0 Å². The van der Waals surface area contributed by atoms with Crippen molar-refractivity contribution in [1.82, 2.24) is 4.98 Å². The van der Waals surface area contributed by atoms with Crippen LogP contribution in [0.25, 0.3) is 16.3 Å². The van der Waals surface area contributed by atoms with Crippen LogP contribution in [0.3, 0.4) is 0 Å². The number of anilines is 1. The third-order valence-electron chi connectivity index (χ3n) is 3.06. The maximum Gasteiger partial charge on any atom is 0.248 e. The first-order valence-corrected chi connectivity index (χ1v) is 7.61. The summed E-state index contributed by atoms with van der Waals surface area (Å²) in [6.45, 7) is -0.0503. The quantitative estimate of drug-likeness (QED) is 0.726. The molecule has 2 N–H and O–H groups in total. The van der Waals surface area contributed by atoms with Gasteiger partial charge in [-0.3, -0.25) is 4.79 Å². The van der Waals surface area contributed by atoms with Crippen molar-refractivity contribution in [2.45, 2.75) is 6.61 Å². The molecule has 5 heteroatoms. The van der Waals surface area contributed by atoms with Gasteiger partial charge < -0.3 is 10.4 Å². The summed E-state index contributed by atoms with van der Waals surface area (Å²) < 4.78 is 1.10. The van der Waals surface area contributed by atoms with Gasteiger partial charge in [-0.15, -0.1) is 11.3 Å². The lowest BCUT2D eigenvalue weighted by atomic mass is 10.2. The summed E-state index contributed by atoms with van der Waals surface area (Å²) in [6.07, 6.45) is 3.17. The van der Waals surface area contributed by atoms with Gasteiger partial charge in [-0.1, -0.05) is 24.3 Å². The van der Waals surface area contributed by atoms with Crippen LogP contribution in [0.5, 0.6) is 0 Å². The molecule has 0 aliphatic carbocycles. The molecule has 0 aliphatic rings. The Balaban J connectivity index is 1.70. The normalized spacial score (nSPS) is 11.1. The van der Waals surface area contributed by atoms with E-state index in [9.17, 15) is 4.79 Å². The molecule has 0 fully saturated rings. The van der Waals surface area contributed by atoms with Gasteiger partial charge in [-0.05, 0) is 35.9 Å². The number of carbonyl (C=O) groups is 1. The number of aliphatic hydroxyl groups excluding tert-OH is 1. The van der Waals surface area contributed by atoms with Crippen LogP contribution in [0.15, 0.2) is 54.6 Å². The van der Waals surface area contributed by atoms with Crippen LogP contribution in [-0.2, 0) is 11.4 Å². The molecule has 2 aromatic carbocycles. The monoisotopic (exact) mass is 310 g/mol. The molecule has 3 rings (SSSR count). The maximum absolute atomic E-state index is 11.9. The fourth-order valence-corrected chi connectivity index (χ4v) is 2.91. The second-order valence-electron chi connectivity index (χ2n) is 4.70. The first kappa shape index (κ1) is 14.4. The smallest absolute Gasteiger partial charge is 0.248 e. The zero-order valence-electron chi connectivity index (χ0n) is 11.7. The largest absolute Gasteiger partial charge is 0.392 e. The van der Waals surface area contributed by atoms with Crippen LogP contribution in [0.2, 0.25) is 0 Å². The van der Waals surface area contributed by atoms with E-state index in [2.05, 4.69) is 10.3 Å². The number of hydrogen-bond acceptors (Lipinski definition) is 4. The number of rotatable bonds is 4. The van der Waals surface area contributed by atoms with Gasteiger partial charge in [0.05, 0.1) is 16.8 Å². The maximum atomic E-state index is 11.9. The molecule has 0 aliphatic heterocycles.